The smallest absolute Gasteiger partial charge is 0.295 e. The van der Waals surface area contributed by atoms with Gasteiger partial charge in [-0.3, -0.25) is 9.59 Å². The number of carbonyl (C=O) groups is 2. The molecule has 0 radical (unpaired) electrons. The third-order valence-electron chi connectivity index (χ3n) is 5.99. The molecule has 0 spiro atoms. The lowest BCUT2D eigenvalue weighted by Gasteiger charge is -2.27. The summed E-state index contributed by atoms with van der Waals surface area (Å²) in [6.07, 6.45) is 0.643. The molecule has 1 unspecified atom stereocenters. The minimum Gasteiger partial charge on any atom is -0.507 e. The Balaban J connectivity index is 2.18. The van der Waals surface area contributed by atoms with E-state index in [0.29, 0.717) is 53.7 Å². The van der Waals surface area contributed by atoms with Crippen LogP contribution in [-0.4, -0.2) is 81.7 Å². The molecule has 1 heterocycles. The molecule has 0 aromatic heterocycles. The van der Waals surface area contributed by atoms with E-state index in [1.54, 1.807) is 36.4 Å². The van der Waals surface area contributed by atoms with Crippen molar-refractivity contribution in [2.24, 2.45) is 0 Å². The van der Waals surface area contributed by atoms with E-state index in [9.17, 15) is 14.7 Å². The number of amides is 1. The molecule has 0 aliphatic carbocycles. The number of aliphatic hydroxyl groups excluding tert-OH is 1. The van der Waals surface area contributed by atoms with Crippen LogP contribution in [0, 0.1) is 0 Å². The highest BCUT2D eigenvalue weighted by Crippen LogP contribution is 2.45. The second-order valence-electron chi connectivity index (χ2n) is 8.57. The van der Waals surface area contributed by atoms with Crippen LogP contribution in [-0.2, 0) is 9.59 Å². The van der Waals surface area contributed by atoms with Crippen LogP contribution in [0.1, 0.15) is 30.5 Å². The van der Waals surface area contributed by atoms with Crippen molar-refractivity contribution < 1.29 is 33.6 Å². The van der Waals surface area contributed by atoms with Crippen LogP contribution in [0.2, 0.25) is 0 Å². The molecule has 3 rings (SSSR count). The first kappa shape index (κ1) is 26.9. The van der Waals surface area contributed by atoms with E-state index < -0.39 is 17.7 Å². The summed E-state index contributed by atoms with van der Waals surface area (Å²) in [7, 11) is 8.37. The second kappa shape index (κ2) is 11.8. The number of rotatable bonds is 11. The van der Waals surface area contributed by atoms with E-state index in [4.69, 9.17) is 18.9 Å². The third-order valence-corrected chi connectivity index (χ3v) is 5.99. The number of carbonyl (C=O) groups excluding carboxylic acids is 2. The maximum atomic E-state index is 13.3. The van der Waals surface area contributed by atoms with Crippen molar-refractivity contribution in [1.29, 1.82) is 0 Å². The highest BCUT2D eigenvalue weighted by Gasteiger charge is 2.46. The molecule has 1 amide bonds. The molecule has 1 aliphatic rings. The number of methoxy groups -OCH3 is 3. The Labute approximate surface area is 211 Å². The minimum atomic E-state index is -0.840. The van der Waals surface area contributed by atoms with Crippen molar-refractivity contribution in [2.45, 2.75) is 19.4 Å². The van der Waals surface area contributed by atoms with Crippen LogP contribution in [0.5, 0.6) is 23.0 Å². The highest BCUT2D eigenvalue weighted by atomic mass is 16.5. The summed E-state index contributed by atoms with van der Waals surface area (Å²) in [6.45, 7) is 3.43. The first-order valence-electron chi connectivity index (χ1n) is 11.7. The van der Waals surface area contributed by atoms with Crippen LogP contribution in [0.15, 0.2) is 42.0 Å². The standard InChI is InChI=1S/C27H34N2O7/c1-7-36-19-11-9-17(10-12-19)24(30)22-23(29(27(32)25(22)31)14-8-13-28(2)3)18-15-20(33-4)26(35-6)21(16-18)34-5/h9-12,15-16,23,30H,7-8,13-14H2,1-6H3. The average Bonchev–Trinajstić information content (AvgIpc) is 3.12. The first-order valence-corrected chi connectivity index (χ1v) is 11.7. The summed E-state index contributed by atoms with van der Waals surface area (Å²) >= 11 is 0. The SMILES string of the molecule is CCOc1ccc(C(O)=C2C(=O)C(=O)N(CCCN(C)C)C2c2cc(OC)c(OC)c(OC)c2)cc1. The number of hydrogen-bond acceptors (Lipinski definition) is 8. The molecule has 1 atom stereocenters. The monoisotopic (exact) mass is 498 g/mol. The Bertz CT molecular complexity index is 1100. The van der Waals surface area contributed by atoms with E-state index in [1.165, 1.54) is 26.2 Å². The van der Waals surface area contributed by atoms with Gasteiger partial charge in [-0.2, -0.15) is 0 Å². The number of likely N-dealkylation sites (tertiary alicyclic amines) is 1. The fraction of sp³-hybridized carbons (Fsp3) is 0.407. The summed E-state index contributed by atoms with van der Waals surface area (Å²) in [5.74, 6) is 0.119. The number of benzene rings is 2. The largest absolute Gasteiger partial charge is 0.507 e. The molecular formula is C27H34N2O7. The van der Waals surface area contributed by atoms with Gasteiger partial charge in [-0.15, -0.1) is 0 Å². The summed E-state index contributed by atoms with van der Waals surface area (Å²) in [4.78, 5) is 30.0. The lowest BCUT2D eigenvalue weighted by Crippen LogP contribution is -2.32. The summed E-state index contributed by atoms with van der Waals surface area (Å²) in [5, 5.41) is 11.3. The van der Waals surface area contributed by atoms with Gasteiger partial charge >= 0.3 is 0 Å². The molecule has 2 aromatic carbocycles. The first-order chi connectivity index (χ1) is 17.3. The van der Waals surface area contributed by atoms with Gasteiger partial charge in [0, 0.05) is 12.1 Å². The Kier molecular flexibility index (Phi) is 8.82. The minimum absolute atomic E-state index is 0.00304. The molecule has 1 fully saturated rings. The predicted octanol–water partition coefficient (Wildman–Crippen LogP) is 3.48. The van der Waals surface area contributed by atoms with Crippen molar-refractivity contribution >= 4 is 17.4 Å². The summed E-state index contributed by atoms with van der Waals surface area (Å²) in [5.41, 5.74) is 0.964. The number of nitrogens with zero attached hydrogens (tertiary/aromatic N) is 2. The van der Waals surface area contributed by atoms with Crippen LogP contribution < -0.4 is 18.9 Å². The van der Waals surface area contributed by atoms with E-state index in [2.05, 4.69) is 0 Å². The molecule has 36 heavy (non-hydrogen) atoms. The van der Waals surface area contributed by atoms with Gasteiger partial charge in [-0.05, 0) is 75.9 Å². The van der Waals surface area contributed by atoms with Gasteiger partial charge in [0.1, 0.15) is 11.5 Å². The van der Waals surface area contributed by atoms with Gasteiger partial charge in [0.15, 0.2) is 11.5 Å². The van der Waals surface area contributed by atoms with Crippen LogP contribution in [0.4, 0.5) is 0 Å². The van der Waals surface area contributed by atoms with Crippen LogP contribution in [0.3, 0.4) is 0 Å². The second-order valence-corrected chi connectivity index (χ2v) is 8.57. The third kappa shape index (κ3) is 5.41. The summed E-state index contributed by atoms with van der Waals surface area (Å²) < 4.78 is 21.9. The van der Waals surface area contributed by atoms with Crippen LogP contribution in [0.25, 0.3) is 5.76 Å². The zero-order chi connectivity index (χ0) is 26.4. The zero-order valence-corrected chi connectivity index (χ0v) is 21.7. The van der Waals surface area contributed by atoms with Gasteiger partial charge in [-0.1, -0.05) is 0 Å². The van der Waals surface area contributed by atoms with E-state index in [0.717, 1.165) is 6.54 Å². The Morgan fingerprint density at radius 3 is 2.11 bits per heavy atom. The van der Waals surface area contributed by atoms with E-state index >= 15 is 0 Å². The Morgan fingerprint density at radius 2 is 1.61 bits per heavy atom. The number of aliphatic hydroxyl groups is 1. The lowest BCUT2D eigenvalue weighted by molar-refractivity contribution is -0.139. The Hall–Kier alpha value is -3.72. The van der Waals surface area contributed by atoms with Crippen LogP contribution >= 0.6 is 0 Å². The zero-order valence-electron chi connectivity index (χ0n) is 21.7. The number of hydrogen-bond donors (Lipinski definition) is 1. The van der Waals surface area contributed by atoms with Gasteiger partial charge < -0.3 is 33.9 Å². The van der Waals surface area contributed by atoms with Crippen molar-refractivity contribution in [3.8, 4) is 23.0 Å². The number of ketones is 1. The van der Waals surface area contributed by atoms with E-state index in [1.807, 2.05) is 25.9 Å². The van der Waals surface area contributed by atoms with Gasteiger partial charge in [0.25, 0.3) is 11.7 Å². The molecule has 0 saturated carbocycles. The van der Waals surface area contributed by atoms with E-state index in [-0.39, 0.29) is 11.3 Å². The molecule has 2 aromatic rings. The number of Topliss-reactive ketones (excluding diaryl/α,β-unsaturated/α-hetero) is 1. The van der Waals surface area contributed by atoms with Gasteiger partial charge in [-0.25, -0.2) is 0 Å². The normalized spacial score (nSPS) is 17.0. The maximum absolute atomic E-state index is 13.3. The fourth-order valence-electron chi connectivity index (χ4n) is 4.30. The fourth-order valence-corrected chi connectivity index (χ4v) is 4.30. The van der Waals surface area contributed by atoms with Crippen molar-refractivity contribution in [3.63, 3.8) is 0 Å². The highest BCUT2D eigenvalue weighted by molar-refractivity contribution is 6.46. The average molecular weight is 499 g/mol. The Morgan fingerprint density at radius 1 is 1.00 bits per heavy atom. The predicted molar refractivity (Wildman–Crippen MR) is 136 cm³/mol. The molecule has 9 heteroatoms. The molecule has 194 valence electrons. The topological polar surface area (TPSA) is 97.8 Å². The van der Waals surface area contributed by atoms with Gasteiger partial charge in [0.05, 0.1) is 39.6 Å². The molecule has 0 bridgehead atoms. The molecular weight excluding hydrogens is 464 g/mol. The van der Waals surface area contributed by atoms with Crippen molar-refractivity contribution in [3.05, 3.63) is 53.1 Å². The molecule has 1 aliphatic heterocycles. The van der Waals surface area contributed by atoms with Gasteiger partial charge in [0.2, 0.25) is 5.75 Å². The molecule has 1 N–H and O–H groups in total. The van der Waals surface area contributed by atoms with Crippen molar-refractivity contribution in [2.75, 3.05) is 55.1 Å². The summed E-state index contributed by atoms with van der Waals surface area (Å²) in [6, 6.07) is 9.29. The molecule has 9 nitrogen and oxygen atoms in total. The number of ether oxygens (including phenoxy) is 4. The van der Waals surface area contributed by atoms with Crippen molar-refractivity contribution in [1.82, 2.24) is 9.80 Å². The lowest BCUT2D eigenvalue weighted by atomic mass is 9.94. The molecule has 1 saturated heterocycles. The quantitative estimate of drug-likeness (QED) is 0.286. The maximum Gasteiger partial charge on any atom is 0.295 e.